The van der Waals surface area contributed by atoms with E-state index in [1.54, 1.807) is 12.1 Å². The maximum Gasteiger partial charge on any atom is 0.316 e. The van der Waals surface area contributed by atoms with Gasteiger partial charge in [0.2, 0.25) is 0 Å². The summed E-state index contributed by atoms with van der Waals surface area (Å²) in [6, 6.07) is 5.22. The first kappa shape index (κ1) is 14.4. The largest absolute Gasteiger partial charge is 0.468 e. The lowest BCUT2D eigenvalue weighted by Gasteiger charge is -2.12. The topological polar surface area (TPSA) is 56.3 Å². The molecule has 0 amide bonds. The normalized spacial score (nSPS) is 11.9. The van der Waals surface area contributed by atoms with Crippen LogP contribution in [0.2, 0.25) is 0 Å². The average molecular weight is 249 g/mol. The quantitative estimate of drug-likeness (QED) is 0.441. The molecule has 1 aromatic heterocycles. The van der Waals surface area contributed by atoms with Gasteiger partial charge in [-0.25, -0.2) is 4.98 Å². The highest BCUT2D eigenvalue weighted by atomic mass is 16.5. The van der Waals surface area contributed by atoms with Crippen LogP contribution in [0, 0.1) is 12.8 Å². The number of hydrogen-bond donors (Lipinski definition) is 0. The molecule has 0 saturated heterocycles. The minimum absolute atomic E-state index is 0.251. The number of ketones is 1. The van der Waals surface area contributed by atoms with Crippen LogP contribution in [0.25, 0.3) is 0 Å². The summed E-state index contributed by atoms with van der Waals surface area (Å²) in [5.41, 5.74) is 1.10. The van der Waals surface area contributed by atoms with Crippen molar-refractivity contribution < 1.29 is 14.3 Å². The fraction of sp³-hybridized carbons (Fsp3) is 0.500. The van der Waals surface area contributed by atoms with Crippen molar-refractivity contribution in [1.29, 1.82) is 0 Å². The number of nitrogens with zero attached hydrogens (tertiary/aromatic N) is 1. The van der Waals surface area contributed by atoms with Gasteiger partial charge in [-0.3, -0.25) is 9.59 Å². The number of methoxy groups -OCH3 is 1. The number of hydrogen-bond acceptors (Lipinski definition) is 4. The Morgan fingerprint density at radius 3 is 2.67 bits per heavy atom. The van der Waals surface area contributed by atoms with Crippen LogP contribution in [0.1, 0.15) is 42.4 Å². The first-order chi connectivity index (χ1) is 8.60. The van der Waals surface area contributed by atoms with Crippen molar-refractivity contribution in [1.82, 2.24) is 4.98 Å². The van der Waals surface area contributed by atoms with Crippen LogP contribution in [0.5, 0.6) is 0 Å². The number of rotatable bonds is 6. The molecule has 4 nitrogen and oxygen atoms in total. The molecule has 1 rings (SSSR count). The van der Waals surface area contributed by atoms with Crippen molar-refractivity contribution in [3.05, 3.63) is 29.6 Å². The molecule has 0 aliphatic heterocycles. The molecular formula is C14H19NO3. The van der Waals surface area contributed by atoms with Gasteiger partial charge in [-0.15, -0.1) is 0 Å². The Kier molecular flexibility index (Phi) is 5.49. The molecule has 98 valence electrons. The van der Waals surface area contributed by atoms with Crippen LogP contribution in [0.3, 0.4) is 0 Å². The number of carbonyl (C=O) groups is 2. The van der Waals surface area contributed by atoms with Crippen molar-refractivity contribution in [2.45, 2.75) is 33.1 Å². The van der Waals surface area contributed by atoms with E-state index >= 15 is 0 Å². The highest BCUT2D eigenvalue weighted by Gasteiger charge is 2.28. The Bertz CT molecular complexity index is 429. The zero-order valence-electron chi connectivity index (χ0n) is 11.1. The summed E-state index contributed by atoms with van der Waals surface area (Å²) in [6.07, 6.45) is 2.26. The fourth-order valence-electron chi connectivity index (χ4n) is 1.77. The van der Waals surface area contributed by atoms with E-state index in [0.717, 1.165) is 18.5 Å². The molecule has 0 bridgehead atoms. The number of aromatic nitrogens is 1. The number of carbonyl (C=O) groups excluding carboxylic acids is 2. The molecular weight excluding hydrogens is 230 g/mol. The van der Waals surface area contributed by atoms with Gasteiger partial charge in [0.15, 0.2) is 5.78 Å². The highest BCUT2D eigenvalue weighted by Crippen LogP contribution is 2.16. The average Bonchev–Trinajstić information content (AvgIpc) is 2.38. The van der Waals surface area contributed by atoms with Crippen LogP contribution in [-0.2, 0) is 9.53 Å². The Hall–Kier alpha value is -1.71. The summed E-state index contributed by atoms with van der Waals surface area (Å²) >= 11 is 0. The van der Waals surface area contributed by atoms with Crippen molar-refractivity contribution in [3.8, 4) is 0 Å². The van der Waals surface area contributed by atoms with E-state index in [2.05, 4.69) is 4.98 Å². The third kappa shape index (κ3) is 3.65. The Morgan fingerprint density at radius 1 is 1.39 bits per heavy atom. The van der Waals surface area contributed by atoms with Gasteiger partial charge in [0.1, 0.15) is 11.6 Å². The van der Waals surface area contributed by atoms with E-state index < -0.39 is 11.9 Å². The SMILES string of the molecule is CCCCC(C(=O)OC)C(=O)c1cccc(C)n1. The molecule has 0 N–H and O–H groups in total. The van der Waals surface area contributed by atoms with Crippen molar-refractivity contribution in [3.63, 3.8) is 0 Å². The van der Waals surface area contributed by atoms with Gasteiger partial charge in [0.25, 0.3) is 0 Å². The van der Waals surface area contributed by atoms with Gasteiger partial charge < -0.3 is 4.74 Å². The molecule has 0 aliphatic rings. The van der Waals surface area contributed by atoms with Crippen molar-refractivity contribution in [2.75, 3.05) is 7.11 Å². The van der Waals surface area contributed by atoms with Gasteiger partial charge in [-0.1, -0.05) is 25.8 Å². The van der Waals surface area contributed by atoms with Crippen LogP contribution >= 0.6 is 0 Å². The monoisotopic (exact) mass is 249 g/mol. The summed E-state index contributed by atoms with van der Waals surface area (Å²) in [4.78, 5) is 28.0. The zero-order chi connectivity index (χ0) is 13.5. The van der Waals surface area contributed by atoms with Crippen LogP contribution in [0.4, 0.5) is 0 Å². The summed E-state index contributed by atoms with van der Waals surface area (Å²) < 4.78 is 4.69. The van der Waals surface area contributed by atoms with Gasteiger partial charge in [0, 0.05) is 5.69 Å². The zero-order valence-corrected chi connectivity index (χ0v) is 11.1. The lowest BCUT2D eigenvalue weighted by atomic mass is 9.95. The van der Waals surface area contributed by atoms with E-state index in [0.29, 0.717) is 12.1 Å². The second-order valence-electron chi connectivity index (χ2n) is 4.25. The van der Waals surface area contributed by atoms with Gasteiger partial charge >= 0.3 is 5.97 Å². The summed E-state index contributed by atoms with van der Waals surface area (Å²) in [5.74, 6) is -1.46. The number of unbranched alkanes of at least 4 members (excludes halogenated alkanes) is 1. The Balaban J connectivity index is 2.91. The number of Topliss-reactive ketones (excluding diaryl/α,β-unsaturated/α-hetero) is 1. The molecule has 1 heterocycles. The van der Waals surface area contributed by atoms with E-state index in [1.807, 2.05) is 19.9 Å². The third-order valence-electron chi connectivity index (χ3n) is 2.79. The molecule has 1 aromatic rings. The molecule has 4 heteroatoms. The van der Waals surface area contributed by atoms with Crippen LogP contribution in [0.15, 0.2) is 18.2 Å². The maximum atomic E-state index is 12.2. The van der Waals surface area contributed by atoms with Crippen molar-refractivity contribution >= 4 is 11.8 Å². The molecule has 0 fully saturated rings. The predicted molar refractivity (Wildman–Crippen MR) is 68.3 cm³/mol. The molecule has 1 atom stereocenters. The minimum atomic E-state index is -0.732. The summed E-state index contributed by atoms with van der Waals surface area (Å²) in [5, 5.41) is 0. The maximum absolute atomic E-state index is 12.2. The Labute approximate surface area is 107 Å². The van der Waals surface area contributed by atoms with Crippen LogP contribution in [-0.4, -0.2) is 23.8 Å². The number of esters is 1. The molecule has 0 saturated carbocycles. The minimum Gasteiger partial charge on any atom is -0.468 e. The predicted octanol–water partition coefficient (Wildman–Crippen LogP) is 2.55. The number of ether oxygens (including phenoxy) is 1. The second kappa shape index (κ2) is 6.89. The molecule has 18 heavy (non-hydrogen) atoms. The third-order valence-corrected chi connectivity index (χ3v) is 2.79. The molecule has 0 aliphatic carbocycles. The Morgan fingerprint density at radius 2 is 2.11 bits per heavy atom. The number of pyridine rings is 1. The first-order valence-corrected chi connectivity index (χ1v) is 6.15. The van der Waals surface area contributed by atoms with E-state index in [-0.39, 0.29) is 5.78 Å². The van der Waals surface area contributed by atoms with E-state index in [4.69, 9.17) is 4.74 Å². The molecule has 0 aromatic carbocycles. The second-order valence-corrected chi connectivity index (χ2v) is 4.25. The molecule has 0 radical (unpaired) electrons. The smallest absolute Gasteiger partial charge is 0.316 e. The first-order valence-electron chi connectivity index (χ1n) is 6.15. The van der Waals surface area contributed by atoms with Crippen LogP contribution < -0.4 is 0 Å². The van der Waals surface area contributed by atoms with Gasteiger partial charge in [0.05, 0.1) is 7.11 Å². The van der Waals surface area contributed by atoms with Gasteiger partial charge in [-0.05, 0) is 25.5 Å². The van der Waals surface area contributed by atoms with Gasteiger partial charge in [-0.2, -0.15) is 0 Å². The highest BCUT2D eigenvalue weighted by molar-refractivity contribution is 6.07. The number of aryl methyl sites for hydroxylation is 1. The molecule has 1 unspecified atom stereocenters. The van der Waals surface area contributed by atoms with E-state index in [9.17, 15) is 9.59 Å². The summed E-state index contributed by atoms with van der Waals surface area (Å²) in [7, 11) is 1.30. The van der Waals surface area contributed by atoms with Crippen molar-refractivity contribution in [2.24, 2.45) is 5.92 Å². The lowest BCUT2D eigenvalue weighted by Crippen LogP contribution is -2.26. The standard InChI is InChI=1S/C14H19NO3/c1-4-5-8-11(14(17)18-3)13(16)12-9-6-7-10(2)15-12/h6-7,9,11H,4-5,8H2,1-3H3. The van der Waals surface area contributed by atoms with E-state index in [1.165, 1.54) is 7.11 Å². The molecule has 0 spiro atoms. The fourth-order valence-corrected chi connectivity index (χ4v) is 1.77. The lowest BCUT2D eigenvalue weighted by molar-refractivity contribution is -0.143. The summed E-state index contributed by atoms with van der Waals surface area (Å²) in [6.45, 7) is 3.83.